The zero-order valence-corrected chi connectivity index (χ0v) is 17.1. The highest BCUT2D eigenvalue weighted by Gasteiger charge is 2.24. The van der Waals surface area contributed by atoms with E-state index in [4.69, 9.17) is 16.3 Å². The highest BCUT2D eigenvalue weighted by molar-refractivity contribution is 6.32. The van der Waals surface area contributed by atoms with Crippen LogP contribution in [-0.2, 0) is 4.79 Å². The van der Waals surface area contributed by atoms with Crippen molar-refractivity contribution in [1.82, 2.24) is 15.0 Å². The van der Waals surface area contributed by atoms with Crippen molar-refractivity contribution in [3.8, 4) is 5.75 Å². The smallest absolute Gasteiger partial charge is 0.160 e. The normalized spacial score (nSPS) is 16.8. The van der Waals surface area contributed by atoms with Crippen molar-refractivity contribution in [2.45, 2.75) is 19.3 Å². The van der Waals surface area contributed by atoms with Gasteiger partial charge >= 0.3 is 0 Å². The number of carbonyl (C=O) groups is 1. The highest BCUT2D eigenvalue weighted by Crippen LogP contribution is 2.32. The second-order valence-corrected chi connectivity index (χ2v) is 7.72. The Morgan fingerprint density at radius 2 is 2.28 bits per heavy atom. The molecular formula is C21H24ClN5O2. The molecule has 3 aromatic rings. The number of fused-ring (bicyclic) bond motifs is 1. The van der Waals surface area contributed by atoms with Gasteiger partial charge in [0.05, 0.1) is 29.8 Å². The number of rotatable bonds is 7. The maximum Gasteiger partial charge on any atom is 0.160 e. The molecule has 0 amide bonds. The fourth-order valence-electron chi connectivity index (χ4n) is 3.98. The van der Waals surface area contributed by atoms with Gasteiger partial charge in [0.2, 0.25) is 0 Å². The lowest BCUT2D eigenvalue weighted by molar-refractivity contribution is -0.118. The molecule has 4 rings (SSSR count). The average molecular weight is 414 g/mol. The topological polar surface area (TPSA) is 83.1 Å². The molecule has 1 fully saturated rings. The number of anilines is 2. The summed E-state index contributed by atoms with van der Waals surface area (Å²) in [5, 5.41) is 4.71. The number of para-hydroxylation sites is 1. The van der Waals surface area contributed by atoms with Crippen molar-refractivity contribution in [3.63, 3.8) is 0 Å². The van der Waals surface area contributed by atoms with Gasteiger partial charge < -0.3 is 19.9 Å². The minimum atomic E-state index is 0.174. The summed E-state index contributed by atoms with van der Waals surface area (Å²) in [5.41, 5.74) is 1.57. The Morgan fingerprint density at radius 3 is 3.14 bits per heavy atom. The van der Waals surface area contributed by atoms with Crippen LogP contribution in [0.5, 0.6) is 5.75 Å². The predicted molar refractivity (Wildman–Crippen MR) is 115 cm³/mol. The van der Waals surface area contributed by atoms with E-state index in [1.165, 1.54) is 0 Å². The molecule has 152 valence electrons. The summed E-state index contributed by atoms with van der Waals surface area (Å²) in [4.78, 5) is 26.7. The number of aromatic nitrogens is 3. The lowest BCUT2D eigenvalue weighted by Crippen LogP contribution is -2.37. The van der Waals surface area contributed by atoms with Crippen LogP contribution in [0.4, 0.5) is 11.5 Å². The molecule has 8 heteroatoms. The maximum atomic E-state index is 12.6. The summed E-state index contributed by atoms with van der Waals surface area (Å²) < 4.78 is 5.32. The summed E-state index contributed by atoms with van der Waals surface area (Å²) in [6, 6.07) is 7.46. The summed E-state index contributed by atoms with van der Waals surface area (Å²) in [6.07, 6.45) is 6.09. The number of H-pyrrole nitrogens is 1. The number of nitrogens with one attached hydrogen (secondary N) is 2. The van der Waals surface area contributed by atoms with Crippen LogP contribution in [0.15, 0.2) is 36.8 Å². The molecule has 0 saturated carbocycles. The van der Waals surface area contributed by atoms with E-state index in [1.54, 1.807) is 19.5 Å². The van der Waals surface area contributed by atoms with Gasteiger partial charge in [-0.05, 0) is 37.0 Å². The zero-order chi connectivity index (χ0) is 20.2. The van der Waals surface area contributed by atoms with Gasteiger partial charge in [-0.3, -0.25) is 4.79 Å². The number of ketones is 1. The Bertz CT molecular complexity index is 1010. The second kappa shape index (κ2) is 8.69. The molecule has 1 aromatic carbocycles. The standard InChI is InChI=1S/C21H24ClN5O2/c1-29-19-17(22)5-2-6-18(19)24-11-15(28)10-14-4-3-9-27(12-14)21-16-7-8-23-20(16)25-13-26-21/h2,5-8,13-14,24H,3-4,9-12H2,1H3,(H,23,25,26). The van der Waals surface area contributed by atoms with Gasteiger partial charge in [-0.15, -0.1) is 0 Å². The third-order valence-electron chi connectivity index (χ3n) is 5.31. The lowest BCUT2D eigenvalue weighted by Gasteiger charge is -2.33. The lowest BCUT2D eigenvalue weighted by atomic mass is 9.92. The minimum Gasteiger partial charge on any atom is -0.493 e. The number of piperidine rings is 1. The molecule has 2 aromatic heterocycles. The van der Waals surface area contributed by atoms with E-state index in [0.717, 1.165) is 48.5 Å². The number of methoxy groups -OCH3 is 1. The number of benzene rings is 1. The number of ether oxygens (including phenoxy) is 1. The molecule has 29 heavy (non-hydrogen) atoms. The SMILES string of the molecule is COc1c(Cl)cccc1NCC(=O)CC1CCCN(c2ncnc3[nH]ccc23)C1. The monoisotopic (exact) mass is 413 g/mol. The van der Waals surface area contributed by atoms with Crippen LogP contribution in [0, 0.1) is 5.92 Å². The van der Waals surface area contributed by atoms with Crippen LogP contribution in [0.3, 0.4) is 0 Å². The fraction of sp³-hybridized carbons (Fsp3) is 0.381. The number of aromatic amines is 1. The van der Waals surface area contributed by atoms with E-state index < -0.39 is 0 Å². The van der Waals surface area contributed by atoms with Gasteiger partial charge in [0, 0.05) is 25.7 Å². The van der Waals surface area contributed by atoms with E-state index in [9.17, 15) is 4.79 Å². The van der Waals surface area contributed by atoms with Crippen molar-refractivity contribution in [3.05, 3.63) is 41.8 Å². The Kier molecular flexibility index (Phi) is 5.85. The Hall–Kier alpha value is -2.80. The third-order valence-corrected chi connectivity index (χ3v) is 5.61. The Balaban J connectivity index is 1.37. The summed E-state index contributed by atoms with van der Waals surface area (Å²) in [5.74, 6) is 1.98. The predicted octanol–water partition coefficient (Wildman–Crippen LogP) is 3.91. The van der Waals surface area contributed by atoms with Crippen molar-refractivity contribution in [1.29, 1.82) is 0 Å². The molecule has 3 heterocycles. The maximum absolute atomic E-state index is 12.6. The first-order valence-electron chi connectivity index (χ1n) is 9.77. The molecule has 1 aliphatic rings. The molecule has 0 spiro atoms. The van der Waals surface area contributed by atoms with Crippen LogP contribution in [0.25, 0.3) is 11.0 Å². The Labute approximate surface area is 174 Å². The van der Waals surface area contributed by atoms with Crippen molar-refractivity contribution >= 4 is 39.9 Å². The quantitative estimate of drug-likeness (QED) is 0.611. The number of halogens is 1. The van der Waals surface area contributed by atoms with E-state index in [0.29, 0.717) is 23.1 Å². The van der Waals surface area contributed by atoms with Crippen LogP contribution < -0.4 is 15.0 Å². The number of nitrogens with zero attached hydrogens (tertiary/aromatic N) is 3. The number of hydrogen-bond donors (Lipinski definition) is 2. The molecular weight excluding hydrogens is 390 g/mol. The first-order chi connectivity index (χ1) is 14.2. The van der Waals surface area contributed by atoms with Crippen LogP contribution in [0.2, 0.25) is 5.02 Å². The molecule has 0 radical (unpaired) electrons. The fourth-order valence-corrected chi connectivity index (χ4v) is 4.23. The highest BCUT2D eigenvalue weighted by atomic mass is 35.5. The largest absolute Gasteiger partial charge is 0.493 e. The molecule has 1 aliphatic heterocycles. The second-order valence-electron chi connectivity index (χ2n) is 7.31. The van der Waals surface area contributed by atoms with Gasteiger partial charge in [0.15, 0.2) is 11.5 Å². The van der Waals surface area contributed by atoms with Crippen LogP contribution >= 0.6 is 11.6 Å². The van der Waals surface area contributed by atoms with Gasteiger partial charge in [0.1, 0.15) is 17.8 Å². The zero-order valence-electron chi connectivity index (χ0n) is 16.3. The van der Waals surface area contributed by atoms with Gasteiger partial charge in [-0.25, -0.2) is 9.97 Å². The number of hydrogen-bond acceptors (Lipinski definition) is 6. The van der Waals surface area contributed by atoms with E-state index in [1.807, 2.05) is 24.4 Å². The van der Waals surface area contributed by atoms with E-state index in [-0.39, 0.29) is 12.3 Å². The summed E-state index contributed by atoms with van der Waals surface area (Å²) in [6.45, 7) is 2.02. The number of carbonyl (C=O) groups excluding carboxylic acids is 1. The van der Waals surface area contributed by atoms with Crippen molar-refractivity contribution in [2.75, 3.05) is 37.0 Å². The first kappa shape index (κ1) is 19.5. The minimum absolute atomic E-state index is 0.174. The van der Waals surface area contributed by atoms with Crippen molar-refractivity contribution < 1.29 is 9.53 Å². The molecule has 0 bridgehead atoms. The molecule has 2 N–H and O–H groups in total. The third kappa shape index (κ3) is 4.29. The molecule has 1 unspecified atom stereocenters. The summed E-state index contributed by atoms with van der Waals surface area (Å²) >= 11 is 6.14. The first-order valence-corrected chi connectivity index (χ1v) is 10.1. The van der Waals surface area contributed by atoms with Crippen LogP contribution in [-0.4, -0.2) is 47.5 Å². The molecule has 1 atom stereocenters. The molecule has 7 nitrogen and oxygen atoms in total. The number of Topliss-reactive ketones (excluding diaryl/α,β-unsaturated/α-hetero) is 1. The van der Waals surface area contributed by atoms with Crippen LogP contribution in [0.1, 0.15) is 19.3 Å². The van der Waals surface area contributed by atoms with Gasteiger partial charge in [0.25, 0.3) is 0 Å². The summed E-state index contributed by atoms with van der Waals surface area (Å²) in [7, 11) is 1.57. The van der Waals surface area contributed by atoms with Gasteiger partial charge in [-0.2, -0.15) is 0 Å². The average Bonchev–Trinajstić information content (AvgIpc) is 3.21. The van der Waals surface area contributed by atoms with E-state index in [2.05, 4.69) is 25.2 Å². The van der Waals surface area contributed by atoms with E-state index >= 15 is 0 Å². The Morgan fingerprint density at radius 1 is 1.38 bits per heavy atom. The molecule has 0 aliphatic carbocycles. The van der Waals surface area contributed by atoms with Gasteiger partial charge in [-0.1, -0.05) is 17.7 Å². The van der Waals surface area contributed by atoms with Crippen molar-refractivity contribution in [2.24, 2.45) is 5.92 Å². The molecule has 1 saturated heterocycles.